The molecule has 0 saturated heterocycles. The van der Waals surface area contributed by atoms with Crippen LogP contribution in [0.3, 0.4) is 0 Å². The average Bonchev–Trinajstić information content (AvgIpc) is 2.79. The number of hydrogen-bond acceptors (Lipinski definition) is 1. The van der Waals surface area contributed by atoms with Crippen molar-refractivity contribution < 1.29 is 14.3 Å². The summed E-state index contributed by atoms with van der Waals surface area (Å²) in [6, 6.07) is 13.0. The SMILES string of the molecule is CC1=C(CC(=O)O)c2cc(F)ccc2/C1=C\c1ccc(C(C)(C)C)cc1. The molecule has 134 valence electrons. The van der Waals surface area contributed by atoms with Crippen LogP contribution in [0.4, 0.5) is 4.39 Å². The van der Waals surface area contributed by atoms with Gasteiger partial charge in [0.1, 0.15) is 5.82 Å². The third-order valence-corrected chi connectivity index (χ3v) is 4.87. The van der Waals surface area contributed by atoms with Crippen molar-refractivity contribution in [3.05, 3.63) is 76.1 Å². The first-order valence-electron chi connectivity index (χ1n) is 8.71. The van der Waals surface area contributed by atoms with Gasteiger partial charge in [0.2, 0.25) is 0 Å². The number of carboxylic acids is 1. The van der Waals surface area contributed by atoms with E-state index in [1.165, 1.54) is 17.7 Å². The standard InChI is InChI=1S/C23H23FO2/c1-14-19(11-15-5-7-16(8-6-15)23(2,3)4)18-10-9-17(24)12-21(18)20(14)13-22(25)26/h5-12H,13H2,1-4H3,(H,25,26)/b19-11-. The molecular weight excluding hydrogens is 327 g/mol. The molecule has 0 heterocycles. The van der Waals surface area contributed by atoms with Gasteiger partial charge in [-0.3, -0.25) is 4.79 Å². The summed E-state index contributed by atoms with van der Waals surface area (Å²) in [4.78, 5) is 11.2. The number of carboxylic acid groups (broad SMARTS) is 1. The highest BCUT2D eigenvalue weighted by Gasteiger charge is 2.25. The highest BCUT2D eigenvalue weighted by atomic mass is 19.1. The van der Waals surface area contributed by atoms with Crippen LogP contribution in [-0.2, 0) is 10.2 Å². The highest BCUT2D eigenvalue weighted by Crippen LogP contribution is 2.43. The largest absolute Gasteiger partial charge is 0.481 e. The van der Waals surface area contributed by atoms with E-state index in [4.69, 9.17) is 0 Å². The number of hydrogen-bond donors (Lipinski definition) is 1. The van der Waals surface area contributed by atoms with Gasteiger partial charge >= 0.3 is 5.97 Å². The quantitative estimate of drug-likeness (QED) is 0.745. The molecule has 1 aliphatic carbocycles. The van der Waals surface area contributed by atoms with Crippen LogP contribution in [0.15, 0.2) is 48.0 Å². The summed E-state index contributed by atoms with van der Waals surface area (Å²) in [5.74, 6) is -1.26. The smallest absolute Gasteiger partial charge is 0.307 e. The van der Waals surface area contributed by atoms with Crippen molar-refractivity contribution >= 4 is 23.2 Å². The Hall–Kier alpha value is -2.68. The molecule has 1 aliphatic rings. The van der Waals surface area contributed by atoms with E-state index in [9.17, 15) is 14.3 Å². The first-order valence-corrected chi connectivity index (χ1v) is 8.71. The predicted octanol–water partition coefficient (Wildman–Crippen LogP) is 5.93. The van der Waals surface area contributed by atoms with E-state index in [0.717, 1.165) is 22.3 Å². The Balaban J connectivity index is 2.08. The fraction of sp³-hybridized carbons (Fsp3) is 0.261. The molecule has 0 radical (unpaired) electrons. The molecule has 3 rings (SSSR count). The van der Waals surface area contributed by atoms with Gasteiger partial charge in [-0.2, -0.15) is 0 Å². The molecule has 2 aromatic carbocycles. The lowest BCUT2D eigenvalue weighted by molar-refractivity contribution is -0.135. The van der Waals surface area contributed by atoms with Gasteiger partial charge in [-0.15, -0.1) is 0 Å². The third kappa shape index (κ3) is 3.48. The fourth-order valence-electron chi connectivity index (χ4n) is 3.38. The number of benzene rings is 2. The number of carbonyl (C=O) groups is 1. The van der Waals surface area contributed by atoms with Crippen molar-refractivity contribution in [2.24, 2.45) is 0 Å². The number of aliphatic carboxylic acids is 1. The lowest BCUT2D eigenvalue weighted by atomic mass is 9.86. The predicted molar refractivity (Wildman–Crippen MR) is 104 cm³/mol. The molecule has 0 spiro atoms. The minimum Gasteiger partial charge on any atom is -0.481 e. The van der Waals surface area contributed by atoms with Gasteiger partial charge in [-0.05, 0) is 69.5 Å². The summed E-state index contributed by atoms with van der Waals surface area (Å²) in [6.45, 7) is 8.43. The second kappa shape index (κ2) is 6.56. The first-order chi connectivity index (χ1) is 12.2. The highest BCUT2D eigenvalue weighted by molar-refractivity contribution is 6.07. The molecule has 1 N–H and O–H groups in total. The van der Waals surface area contributed by atoms with Crippen LogP contribution in [-0.4, -0.2) is 11.1 Å². The Labute approximate surface area is 153 Å². The maximum atomic E-state index is 13.7. The van der Waals surface area contributed by atoms with E-state index in [-0.39, 0.29) is 17.7 Å². The maximum Gasteiger partial charge on any atom is 0.307 e. The summed E-state index contributed by atoms with van der Waals surface area (Å²) in [7, 11) is 0. The zero-order valence-corrected chi connectivity index (χ0v) is 15.6. The molecule has 26 heavy (non-hydrogen) atoms. The van der Waals surface area contributed by atoms with Crippen molar-refractivity contribution in [3.8, 4) is 0 Å². The van der Waals surface area contributed by atoms with Gasteiger partial charge < -0.3 is 5.11 Å². The summed E-state index contributed by atoms with van der Waals surface area (Å²) in [5.41, 5.74) is 6.50. The molecule has 0 bridgehead atoms. The first kappa shape index (κ1) is 18.1. The molecule has 2 aromatic rings. The van der Waals surface area contributed by atoms with Crippen molar-refractivity contribution in [1.82, 2.24) is 0 Å². The third-order valence-electron chi connectivity index (χ3n) is 4.87. The van der Waals surface area contributed by atoms with E-state index in [2.05, 4.69) is 45.0 Å². The number of halogens is 1. The minimum atomic E-state index is -0.912. The number of fused-ring (bicyclic) bond motifs is 1. The average molecular weight is 350 g/mol. The summed E-state index contributed by atoms with van der Waals surface area (Å²) in [6.07, 6.45) is 1.94. The minimum absolute atomic E-state index is 0.0909. The summed E-state index contributed by atoms with van der Waals surface area (Å²) >= 11 is 0. The molecule has 0 unspecified atom stereocenters. The molecule has 2 nitrogen and oxygen atoms in total. The van der Waals surface area contributed by atoms with Gasteiger partial charge in [-0.1, -0.05) is 51.1 Å². The van der Waals surface area contributed by atoms with E-state index in [1.54, 1.807) is 6.07 Å². The zero-order chi connectivity index (χ0) is 19.1. The van der Waals surface area contributed by atoms with Crippen LogP contribution < -0.4 is 0 Å². The second-order valence-corrected chi connectivity index (χ2v) is 7.79. The van der Waals surface area contributed by atoms with Gasteiger partial charge in [0.15, 0.2) is 0 Å². The van der Waals surface area contributed by atoms with Crippen LogP contribution in [0, 0.1) is 5.82 Å². The molecular formula is C23H23FO2. The van der Waals surface area contributed by atoms with Crippen molar-refractivity contribution in [2.45, 2.75) is 39.5 Å². The van der Waals surface area contributed by atoms with Gasteiger partial charge in [-0.25, -0.2) is 4.39 Å². The van der Waals surface area contributed by atoms with Crippen LogP contribution in [0.1, 0.15) is 56.4 Å². The maximum absolute atomic E-state index is 13.7. The van der Waals surface area contributed by atoms with Gasteiger partial charge in [0.25, 0.3) is 0 Å². The van der Waals surface area contributed by atoms with E-state index in [0.29, 0.717) is 11.1 Å². The van der Waals surface area contributed by atoms with Crippen LogP contribution in [0.25, 0.3) is 17.2 Å². The summed E-state index contributed by atoms with van der Waals surface area (Å²) in [5, 5.41) is 9.22. The molecule has 3 heteroatoms. The van der Waals surface area contributed by atoms with Crippen molar-refractivity contribution in [3.63, 3.8) is 0 Å². The Morgan fingerprint density at radius 1 is 1.08 bits per heavy atom. The van der Waals surface area contributed by atoms with Crippen molar-refractivity contribution in [1.29, 1.82) is 0 Å². The fourth-order valence-corrected chi connectivity index (χ4v) is 3.38. The Bertz CT molecular complexity index is 926. The monoisotopic (exact) mass is 350 g/mol. The van der Waals surface area contributed by atoms with E-state index in [1.807, 2.05) is 13.0 Å². The molecule has 0 aromatic heterocycles. The topological polar surface area (TPSA) is 37.3 Å². The Morgan fingerprint density at radius 3 is 2.31 bits per heavy atom. The van der Waals surface area contributed by atoms with Crippen molar-refractivity contribution in [2.75, 3.05) is 0 Å². The van der Waals surface area contributed by atoms with E-state index >= 15 is 0 Å². The second-order valence-electron chi connectivity index (χ2n) is 7.79. The van der Waals surface area contributed by atoms with E-state index < -0.39 is 5.97 Å². The molecule has 0 amide bonds. The van der Waals surface area contributed by atoms with Crippen LogP contribution in [0.2, 0.25) is 0 Å². The Morgan fingerprint density at radius 2 is 1.73 bits per heavy atom. The number of allylic oxidation sites excluding steroid dienone is 2. The Kier molecular flexibility index (Phi) is 4.57. The van der Waals surface area contributed by atoms with Crippen LogP contribution in [0.5, 0.6) is 0 Å². The molecule has 0 fully saturated rings. The van der Waals surface area contributed by atoms with Crippen LogP contribution >= 0.6 is 0 Å². The molecule has 0 aliphatic heterocycles. The molecule has 0 atom stereocenters. The lowest BCUT2D eigenvalue weighted by Gasteiger charge is -2.18. The van der Waals surface area contributed by atoms with Gasteiger partial charge in [0, 0.05) is 0 Å². The van der Waals surface area contributed by atoms with Gasteiger partial charge in [0.05, 0.1) is 6.42 Å². The normalized spacial score (nSPS) is 15.5. The summed E-state index contributed by atoms with van der Waals surface area (Å²) < 4.78 is 13.7. The lowest BCUT2D eigenvalue weighted by Crippen LogP contribution is -2.10. The number of rotatable bonds is 3. The molecule has 0 saturated carbocycles. The zero-order valence-electron chi connectivity index (χ0n) is 15.6.